The van der Waals surface area contributed by atoms with Crippen LogP contribution >= 0.6 is 0 Å². The molecule has 0 aromatic rings. The Balaban J connectivity index is 1.98. The van der Waals surface area contributed by atoms with Crippen LogP contribution in [0.1, 0.15) is 39.5 Å². The van der Waals surface area contributed by atoms with Crippen molar-refractivity contribution in [3.8, 4) is 0 Å². The maximum atomic E-state index is 3.70. The van der Waals surface area contributed by atoms with Gasteiger partial charge in [0, 0.05) is 18.1 Å². The fourth-order valence-electron chi connectivity index (χ4n) is 2.70. The summed E-state index contributed by atoms with van der Waals surface area (Å²) in [5, 5.41) is 3.70. The van der Waals surface area contributed by atoms with Crippen LogP contribution in [-0.4, -0.2) is 36.1 Å². The third-order valence-electron chi connectivity index (χ3n) is 4.01. The Morgan fingerprint density at radius 3 is 2.80 bits per heavy atom. The van der Waals surface area contributed by atoms with E-state index in [1.54, 1.807) is 0 Å². The van der Waals surface area contributed by atoms with Crippen molar-refractivity contribution >= 4 is 0 Å². The quantitative estimate of drug-likeness (QED) is 0.700. The summed E-state index contributed by atoms with van der Waals surface area (Å²) < 4.78 is 0. The Kier molecular flexibility index (Phi) is 3.47. The Morgan fingerprint density at radius 1 is 1.40 bits per heavy atom. The molecule has 1 aliphatic heterocycles. The predicted octanol–water partition coefficient (Wildman–Crippen LogP) is 2.17. The zero-order valence-corrected chi connectivity index (χ0v) is 10.1. The predicted molar refractivity (Wildman–Crippen MR) is 65.1 cm³/mol. The molecule has 2 aliphatic rings. The molecule has 0 aromatic carbocycles. The first-order valence-electron chi connectivity index (χ1n) is 6.37. The number of nitrogens with zero attached hydrogens (tertiary/aromatic N) is 1. The van der Waals surface area contributed by atoms with Crippen molar-refractivity contribution in [2.45, 2.75) is 51.1 Å². The van der Waals surface area contributed by atoms with Crippen LogP contribution in [-0.2, 0) is 0 Å². The van der Waals surface area contributed by atoms with E-state index in [4.69, 9.17) is 0 Å². The third kappa shape index (κ3) is 2.61. The van der Waals surface area contributed by atoms with Gasteiger partial charge in [0.05, 0.1) is 0 Å². The summed E-state index contributed by atoms with van der Waals surface area (Å²) in [4.78, 5) is 2.70. The molecule has 1 saturated heterocycles. The second-order valence-electron chi connectivity index (χ2n) is 5.26. The van der Waals surface area contributed by atoms with E-state index >= 15 is 0 Å². The van der Waals surface area contributed by atoms with Crippen LogP contribution < -0.4 is 5.32 Å². The molecule has 2 rings (SSSR count). The maximum Gasteiger partial charge on any atom is 0.0277 e. The Morgan fingerprint density at radius 2 is 2.13 bits per heavy atom. The molecule has 2 nitrogen and oxygen atoms in total. The second-order valence-corrected chi connectivity index (χ2v) is 5.26. The van der Waals surface area contributed by atoms with Crippen LogP contribution in [0.3, 0.4) is 0 Å². The molecule has 0 spiro atoms. The molecule has 0 radical (unpaired) electrons. The fraction of sp³-hybridized carbons (Fsp3) is 0.846. The first kappa shape index (κ1) is 11.2. The largest absolute Gasteiger partial charge is 0.310 e. The molecule has 0 bridgehead atoms. The monoisotopic (exact) mass is 208 g/mol. The standard InChI is InChI=1S/C13H24N2/c1-3-13(2)11-15(10-6-9-14-13)12-7-4-5-8-12/h4-5,12,14H,3,6-11H2,1-2H3. The molecule has 2 heteroatoms. The number of rotatable bonds is 2. The summed E-state index contributed by atoms with van der Waals surface area (Å²) >= 11 is 0. The van der Waals surface area contributed by atoms with Crippen molar-refractivity contribution in [2.24, 2.45) is 0 Å². The molecule has 1 aliphatic carbocycles. The molecule has 0 saturated carbocycles. The highest BCUT2D eigenvalue weighted by molar-refractivity contribution is 5.01. The summed E-state index contributed by atoms with van der Waals surface area (Å²) in [6.07, 6.45) is 9.73. The van der Waals surface area contributed by atoms with Crippen LogP contribution in [0.2, 0.25) is 0 Å². The topological polar surface area (TPSA) is 15.3 Å². The van der Waals surface area contributed by atoms with E-state index in [0.29, 0.717) is 5.54 Å². The highest BCUT2D eigenvalue weighted by Crippen LogP contribution is 2.22. The summed E-state index contributed by atoms with van der Waals surface area (Å²) in [6, 6.07) is 0.788. The van der Waals surface area contributed by atoms with E-state index in [1.165, 1.54) is 45.3 Å². The molecular formula is C13H24N2. The van der Waals surface area contributed by atoms with E-state index < -0.39 is 0 Å². The minimum Gasteiger partial charge on any atom is -0.310 e. The average Bonchev–Trinajstić information content (AvgIpc) is 2.69. The summed E-state index contributed by atoms with van der Waals surface area (Å²) in [5.74, 6) is 0. The smallest absolute Gasteiger partial charge is 0.0277 e. The summed E-state index contributed by atoms with van der Waals surface area (Å²) in [5.41, 5.74) is 0.332. The van der Waals surface area contributed by atoms with Gasteiger partial charge < -0.3 is 5.32 Å². The van der Waals surface area contributed by atoms with E-state index in [0.717, 1.165) is 6.04 Å². The van der Waals surface area contributed by atoms with E-state index in [1.807, 2.05) is 0 Å². The maximum absolute atomic E-state index is 3.70. The molecule has 1 heterocycles. The Labute approximate surface area is 93.7 Å². The molecule has 1 atom stereocenters. The van der Waals surface area contributed by atoms with Crippen molar-refractivity contribution in [3.63, 3.8) is 0 Å². The van der Waals surface area contributed by atoms with Crippen molar-refractivity contribution in [1.82, 2.24) is 10.2 Å². The van der Waals surface area contributed by atoms with Crippen molar-refractivity contribution < 1.29 is 0 Å². The molecule has 1 fully saturated rings. The minimum absolute atomic E-state index is 0.332. The van der Waals surface area contributed by atoms with Crippen LogP contribution in [0.25, 0.3) is 0 Å². The molecular weight excluding hydrogens is 184 g/mol. The van der Waals surface area contributed by atoms with Gasteiger partial charge in [-0.05, 0) is 45.7 Å². The number of nitrogens with one attached hydrogen (secondary N) is 1. The van der Waals surface area contributed by atoms with Gasteiger partial charge in [-0.25, -0.2) is 0 Å². The molecule has 0 amide bonds. The van der Waals surface area contributed by atoms with Gasteiger partial charge in [-0.2, -0.15) is 0 Å². The van der Waals surface area contributed by atoms with Crippen LogP contribution in [0.4, 0.5) is 0 Å². The lowest BCUT2D eigenvalue weighted by molar-refractivity contribution is 0.165. The van der Waals surface area contributed by atoms with Crippen LogP contribution in [0.5, 0.6) is 0 Å². The Bertz CT molecular complexity index is 229. The molecule has 1 N–H and O–H groups in total. The van der Waals surface area contributed by atoms with Crippen molar-refractivity contribution in [3.05, 3.63) is 12.2 Å². The van der Waals surface area contributed by atoms with Gasteiger partial charge in [0.25, 0.3) is 0 Å². The van der Waals surface area contributed by atoms with Gasteiger partial charge in [0.2, 0.25) is 0 Å². The highest BCUT2D eigenvalue weighted by Gasteiger charge is 2.30. The van der Waals surface area contributed by atoms with Crippen LogP contribution in [0.15, 0.2) is 12.2 Å². The molecule has 15 heavy (non-hydrogen) atoms. The Hall–Kier alpha value is -0.340. The lowest BCUT2D eigenvalue weighted by Gasteiger charge is -2.35. The molecule has 0 aromatic heterocycles. The third-order valence-corrected chi connectivity index (χ3v) is 4.01. The van der Waals surface area contributed by atoms with E-state index in [-0.39, 0.29) is 0 Å². The van der Waals surface area contributed by atoms with E-state index in [2.05, 4.69) is 36.2 Å². The SMILES string of the molecule is CCC1(C)CN(C2CC=CC2)CCCN1. The second kappa shape index (κ2) is 4.67. The summed E-state index contributed by atoms with van der Waals surface area (Å²) in [7, 11) is 0. The minimum atomic E-state index is 0.332. The zero-order valence-electron chi connectivity index (χ0n) is 10.1. The van der Waals surface area contributed by atoms with E-state index in [9.17, 15) is 0 Å². The van der Waals surface area contributed by atoms with Gasteiger partial charge in [0.1, 0.15) is 0 Å². The van der Waals surface area contributed by atoms with Crippen molar-refractivity contribution in [1.29, 1.82) is 0 Å². The number of hydrogen-bond donors (Lipinski definition) is 1. The van der Waals surface area contributed by atoms with Gasteiger partial charge in [-0.1, -0.05) is 19.1 Å². The number of hydrogen-bond acceptors (Lipinski definition) is 2. The highest BCUT2D eigenvalue weighted by atomic mass is 15.2. The lowest BCUT2D eigenvalue weighted by atomic mass is 9.97. The summed E-state index contributed by atoms with van der Waals surface area (Å²) in [6.45, 7) is 8.34. The first-order chi connectivity index (χ1) is 7.23. The molecule has 1 unspecified atom stereocenters. The zero-order chi connectivity index (χ0) is 10.7. The average molecular weight is 208 g/mol. The molecule has 86 valence electrons. The first-order valence-corrected chi connectivity index (χ1v) is 6.37. The van der Waals surface area contributed by atoms with Gasteiger partial charge in [-0.15, -0.1) is 0 Å². The van der Waals surface area contributed by atoms with Gasteiger partial charge in [0.15, 0.2) is 0 Å². The van der Waals surface area contributed by atoms with Gasteiger partial charge in [-0.3, -0.25) is 4.90 Å². The fourth-order valence-corrected chi connectivity index (χ4v) is 2.70. The lowest BCUT2D eigenvalue weighted by Crippen LogP contribution is -2.50. The van der Waals surface area contributed by atoms with Crippen LogP contribution in [0, 0.1) is 0 Å². The normalized spacial score (nSPS) is 34.5. The van der Waals surface area contributed by atoms with Crippen molar-refractivity contribution in [2.75, 3.05) is 19.6 Å². The van der Waals surface area contributed by atoms with Gasteiger partial charge >= 0.3 is 0 Å².